The highest BCUT2D eigenvalue weighted by atomic mass is 19.4. The smallest absolute Gasteiger partial charge is 0.417 e. The Balaban J connectivity index is 1.69. The minimum absolute atomic E-state index is 0.0182. The first-order valence-corrected chi connectivity index (χ1v) is 10.1. The van der Waals surface area contributed by atoms with Gasteiger partial charge in [-0.15, -0.1) is 0 Å². The van der Waals surface area contributed by atoms with Crippen molar-refractivity contribution in [2.75, 3.05) is 6.61 Å². The molecule has 1 heterocycles. The number of ether oxygens (including phenoxy) is 1. The summed E-state index contributed by atoms with van der Waals surface area (Å²) in [6.07, 6.45) is -12.0. The van der Waals surface area contributed by atoms with Crippen LogP contribution >= 0.6 is 0 Å². The Morgan fingerprint density at radius 1 is 0.941 bits per heavy atom. The van der Waals surface area contributed by atoms with Crippen molar-refractivity contribution in [3.8, 4) is 11.5 Å². The lowest BCUT2D eigenvalue weighted by atomic mass is 9.81. The number of phenolic OH excluding ortho intramolecular Hbond substituents is 1. The van der Waals surface area contributed by atoms with Crippen molar-refractivity contribution in [2.45, 2.75) is 30.9 Å². The Labute approximate surface area is 189 Å². The Bertz CT molecular complexity index is 1290. The lowest BCUT2D eigenvalue weighted by Gasteiger charge is -2.25. The van der Waals surface area contributed by atoms with Gasteiger partial charge in [0.05, 0.1) is 18.3 Å². The molecule has 1 aliphatic carbocycles. The second-order valence-electron chi connectivity index (χ2n) is 7.71. The van der Waals surface area contributed by atoms with Crippen LogP contribution in [0.1, 0.15) is 38.3 Å². The molecule has 0 fully saturated rings. The Morgan fingerprint density at radius 3 is 2.18 bits per heavy atom. The number of benzene rings is 2. The van der Waals surface area contributed by atoms with Gasteiger partial charge >= 0.3 is 6.18 Å². The minimum Gasteiger partial charge on any atom is -0.504 e. The first kappa shape index (κ1) is 23.6. The molecule has 34 heavy (non-hydrogen) atoms. The molecule has 0 spiro atoms. The van der Waals surface area contributed by atoms with E-state index in [1.165, 1.54) is 30.5 Å². The first-order chi connectivity index (χ1) is 16.0. The quantitative estimate of drug-likeness (QED) is 0.332. The van der Waals surface area contributed by atoms with E-state index in [0.717, 1.165) is 0 Å². The molecule has 3 unspecified atom stereocenters. The van der Waals surface area contributed by atoms with Crippen LogP contribution in [0.2, 0.25) is 0 Å². The van der Waals surface area contributed by atoms with Gasteiger partial charge in [-0.2, -0.15) is 13.2 Å². The predicted molar refractivity (Wildman–Crippen MR) is 111 cm³/mol. The van der Waals surface area contributed by atoms with Gasteiger partial charge in [0.1, 0.15) is 11.6 Å². The van der Waals surface area contributed by atoms with Gasteiger partial charge in [-0.3, -0.25) is 14.6 Å². The van der Waals surface area contributed by atoms with E-state index in [2.05, 4.69) is 4.98 Å². The van der Waals surface area contributed by atoms with Gasteiger partial charge in [0.25, 0.3) is 0 Å². The molecule has 0 saturated heterocycles. The summed E-state index contributed by atoms with van der Waals surface area (Å²) in [6.45, 7) is -0.514. The van der Waals surface area contributed by atoms with Crippen molar-refractivity contribution in [3.05, 3.63) is 64.8 Å². The highest BCUT2D eigenvalue weighted by Crippen LogP contribution is 2.44. The summed E-state index contributed by atoms with van der Waals surface area (Å²) in [7, 11) is 0. The number of phenols is 1. The fourth-order valence-corrected chi connectivity index (χ4v) is 3.87. The largest absolute Gasteiger partial charge is 0.504 e. The highest BCUT2D eigenvalue weighted by Gasteiger charge is 2.45. The van der Waals surface area contributed by atoms with Crippen LogP contribution in [0.15, 0.2) is 42.6 Å². The van der Waals surface area contributed by atoms with E-state index < -0.39 is 54.8 Å². The van der Waals surface area contributed by atoms with E-state index in [0.29, 0.717) is 0 Å². The van der Waals surface area contributed by atoms with Gasteiger partial charge in [-0.1, -0.05) is 30.3 Å². The van der Waals surface area contributed by atoms with Crippen LogP contribution in [0.25, 0.3) is 10.9 Å². The van der Waals surface area contributed by atoms with E-state index in [1.807, 2.05) is 0 Å². The van der Waals surface area contributed by atoms with Gasteiger partial charge in [-0.25, -0.2) is 0 Å². The first-order valence-electron chi connectivity index (χ1n) is 10.1. The predicted octanol–water partition coefficient (Wildman–Crippen LogP) is 2.13. The summed E-state index contributed by atoms with van der Waals surface area (Å²) < 4.78 is 43.1. The number of hydrogen-bond acceptors (Lipinski definition) is 8. The van der Waals surface area contributed by atoms with Crippen LogP contribution < -0.4 is 4.74 Å². The molecule has 0 aliphatic heterocycles. The van der Waals surface area contributed by atoms with Crippen molar-refractivity contribution < 1.29 is 47.9 Å². The molecule has 1 aliphatic rings. The number of carbonyl (C=O) groups excluding carboxylic acids is 2. The number of pyridine rings is 1. The number of nitrogens with zero attached hydrogens (tertiary/aromatic N) is 1. The number of aliphatic hydroxyl groups is 3. The number of alkyl halides is 3. The van der Waals surface area contributed by atoms with Crippen LogP contribution in [0.3, 0.4) is 0 Å². The summed E-state index contributed by atoms with van der Waals surface area (Å²) in [4.78, 5) is 30.4. The second-order valence-corrected chi connectivity index (χ2v) is 7.71. The fraction of sp³-hybridized carbons (Fsp3) is 0.261. The topological polar surface area (TPSA) is 137 Å². The van der Waals surface area contributed by atoms with Gasteiger partial charge in [0.2, 0.25) is 0 Å². The third-order valence-electron chi connectivity index (χ3n) is 5.58. The van der Waals surface area contributed by atoms with Crippen LogP contribution in [-0.4, -0.2) is 68.1 Å². The maximum atomic E-state index is 13.1. The second kappa shape index (κ2) is 8.67. The molecule has 0 saturated carbocycles. The summed E-state index contributed by atoms with van der Waals surface area (Å²) in [6, 6.07) is 9.11. The fourth-order valence-electron chi connectivity index (χ4n) is 3.87. The average molecular weight is 477 g/mol. The number of fused-ring (bicyclic) bond motifs is 4. The number of carbonyl (C=O) groups is 2. The highest BCUT2D eigenvalue weighted by molar-refractivity contribution is 6.33. The normalized spacial score (nSPS) is 16.1. The van der Waals surface area contributed by atoms with Crippen molar-refractivity contribution in [3.63, 3.8) is 0 Å². The Hall–Kier alpha value is -3.54. The van der Waals surface area contributed by atoms with Crippen molar-refractivity contribution in [1.82, 2.24) is 4.98 Å². The summed E-state index contributed by atoms with van der Waals surface area (Å²) in [5.74, 6) is -2.11. The molecule has 0 bridgehead atoms. The van der Waals surface area contributed by atoms with Gasteiger partial charge in [-0.05, 0) is 6.07 Å². The number of aromatic nitrogens is 1. The molecule has 178 valence electrons. The molecule has 1 aromatic heterocycles. The molecule has 0 amide bonds. The van der Waals surface area contributed by atoms with E-state index in [1.54, 1.807) is 12.1 Å². The molecule has 0 radical (unpaired) electrons. The molecule has 3 aromatic rings. The zero-order valence-electron chi connectivity index (χ0n) is 17.3. The SMILES string of the molecule is O=C1c2ccccc2C(=O)c2c1c(O)c(OCCC(O)C(O)C(O)C(F)(F)F)c1ncccc21. The van der Waals surface area contributed by atoms with Crippen LogP contribution in [0.4, 0.5) is 13.2 Å². The lowest BCUT2D eigenvalue weighted by molar-refractivity contribution is -0.242. The Morgan fingerprint density at radius 2 is 1.56 bits per heavy atom. The number of ketones is 2. The maximum absolute atomic E-state index is 13.1. The number of aliphatic hydroxyl groups excluding tert-OH is 3. The number of halogens is 3. The van der Waals surface area contributed by atoms with Crippen LogP contribution in [-0.2, 0) is 0 Å². The lowest BCUT2D eigenvalue weighted by Crippen LogP contribution is -2.46. The van der Waals surface area contributed by atoms with E-state index in [-0.39, 0.29) is 38.9 Å². The molecule has 4 rings (SSSR count). The summed E-state index contributed by atoms with van der Waals surface area (Å²) in [5.41, 5.74) is -0.0833. The minimum atomic E-state index is -5.14. The van der Waals surface area contributed by atoms with Gasteiger partial charge in [0, 0.05) is 34.7 Å². The van der Waals surface area contributed by atoms with Crippen molar-refractivity contribution in [2.24, 2.45) is 0 Å². The molecule has 4 N–H and O–H groups in total. The average Bonchev–Trinajstić information content (AvgIpc) is 2.81. The molecule has 8 nitrogen and oxygen atoms in total. The summed E-state index contributed by atoms with van der Waals surface area (Å²) in [5, 5.41) is 39.6. The van der Waals surface area contributed by atoms with E-state index in [4.69, 9.17) is 9.84 Å². The number of rotatable bonds is 6. The van der Waals surface area contributed by atoms with Gasteiger partial charge < -0.3 is 25.2 Å². The third-order valence-corrected chi connectivity index (χ3v) is 5.58. The molecule has 11 heteroatoms. The number of aromatic hydroxyl groups is 1. The zero-order valence-corrected chi connectivity index (χ0v) is 17.3. The van der Waals surface area contributed by atoms with E-state index in [9.17, 15) is 38.1 Å². The van der Waals surface area contributed by atoms with Crippen LogP contribution in [0.5, 0.6) is 11.5 Å². The monoisotopic (exact) mass is 477 g/mol. The molecule has 2 aromatic carbocycles. The standard InChI is InChI=1S/C23H18F3NO7/c24-23(25,26)22(33)19(31)13(28)7-9-34-21-16-12(6-3-8-27-16)14-15(20(21)32)18(30)11-5-2-1-4-10(11)17(14)29/h1-6,8,13,19,22,28,31-33H,7,9H2. The van der Waals surface area contributed by atoms with Crippen LogP contribution in [0, 0.1) is 0 Å². The van der Waals surface area contributed by atoms with Gasteiger partial charge in [0.15, 0.2) is 29.2 Å². The number of hydrogen-bond donors (Lipinski definition) is 4. The molecular weight excluding hydrogens is 459 g/mol. The zero-order chi connectivity index (χ0) is 24.8. The third kappa shape index (κ3) is 3.87. The maximum Gasteiger partial charge on any atom is 0.417 e. The molecule has 3 atom stereocenters. The van der Waals surface area contributed by atoms with Crippen molar-refractivity contribution in [1.29, 1.82) is 0 Å². The molecular formula is C23H18F3NO7. The Kier molecular flexibility index (Phi) is 6.02. The van der Waals surface area contributed by atoms with Crippen molar-refractivity contribution >= 4 is 22.5 Å². The summed E-state index contributed by atoms with van der Waals surface area (Å²) >= 11 is 0. The van der Waals surface area contributed by atoms with E-state index >= 15 is 0 Å².